The molecule has 0 saturated carbocycles. The quantitative estimate of drug-likeness (QED) is 0.856. The van der Waals surface area contributed by atoms with Gasteiger partial charge in [-0.15, -0.1) is 0 Å². The van der Waals surface area contributed by atoms with Gasteiger partial charge in [0, 0.05) is 12.7 Å². The summed E-state index contributed by atoms with van der Waals surface area (Å²) in [6.07, 6.45) is 0. The Bertz CT molecular complexity index is 529. The topological polar surface area (TPSA) is 73.0 Å². The van der Waals surface area contributed by atoms with Crippen LogP contribution >= 0.6 is 0 Å². The molecule has 2 aromatic heterocycles. The molecule has 0 aromatic carbocycles. The van der Waals surface area contributed by atoms with Gasteiger partial charge in [-0.2, -0.15) is 5.10 Å². The van der Waals surface area contributed by atoms with Crippen molar-refractivity contribution >= 4 is 11.6 Å². The summed E-state index contributed by atoms with van der Waals surface area (Å²) in [4.78, 5) is 11.9. The third kappa shape index (κ3) is 2.06. The molecule has 2 heterocycles. The Labute approximate surface area is 98.6 Å². The molecule has 0 unspecified atom stereocenters. The van der Waals surface area contributed by atoms with Gasteiger partial charge in [-0.05, 0) is 26.8 Å². The van der Waals surface area contributed by atoms with Crippen molar-refractivity contribution in [3.05, 3.63) is 28.9 Å². The molecule has 1 amide bonds. The molecule has 0 aliphatic heterocycles. The molecule has 1 N–H and O–H groups in total. The molecule has 0 aliphatic carbocycles. The van der Waals surface area contributed by atoms with Gasteiger partial charge < -0.3 is 9.84 Å². The van der Waals surface area contributed by atoms with Gasteiger partial charge >= 0.3 is 0 Å². The summed E-state index contributed by atoms with van der Waals surface area (Å²) in [7, 11) is 1.79. The molecule has 0 radical (unpaired) electrons. The number of nitrogens with one attached hydrogen (secondary N) is 1. The maximum atomic E-state index is 11.9. The average molecular weight is 234 g/mol. The fourth-order valence-corrected chi connectivity index (χ4v) is 1.51. The number of hydrogen-bond acceptors (Lipinski definition) is 4. The number of carbonyl (C=O) groups excluding carboxylic acids is 1. The maximum Gasteiger partial charge on any atom is 0.276 e. The number of nitrogens with zero attached hydrogens (tertiary/aromatic N) is 3. The van der Waals surface area contributed by atoms with E-state index in [0.29, 0.717) is 22.8 Å². The first-order valence-corrected chi connectivity index (χ1v) is 5.24. The largest absolute Gasteiger partial charge is 0.359 e. The molecule has 6 heteroatoms. The van der Waals surface area contributed by atoms with Crippen molar-refractivity contribution in [2.45, 2.75) is 20.8 Å². The van der Waals surface area contributed by atoms with Crippen LogP contribution in [0, 0.1) is 20.8 Å². The van der Waals surface area contributed by atoms with E-state index in [-0.39, 0.29) is 5.91 Å². The average Bonchev–Trinajstić information content (AvgIpc) is 2.76. The summed E-state index contributed by atoms with van der Waals surface area (Å²) >= 11 is 0. The number of anilines is 1. The Morgan fingerprint density at radius 3 is 2.59 bits per heavy atom. The third-order valence-electron chi connectivity index (χ3n) is 2.62. The van der Waals surface area contributed by atoms with Crippen molar-refractivity contribution in [3.63, 3.8) is 0 Å². The lowest BCUT2D eigenvalue weighted by molar-refractivity contribution is 0.102. The smallest absolute Gasteiger partial charge is 0.276 e. The number of rotatable bonds is 2. The molecule has 2 rings (SSSR count). The summed E-state index contributed by atoms with van der Waals surface area (Å²) in [6.45, 7) is 5.41. The summed E-state index contributed by atoms with van der Waals surface area (Å²) in [6, 6.07) is 1.73. The normalized spacial score (nSPS) is 10.6. The highest BCUT2D eigenvalue weighted by Crippen LogP contribution is 2.19. The van der Waals surface area contributed by atoms with E-state index in [9.17, 15) is 4.79 Å². The molecular formula is C11H14N4O2. The second kappa shape index (κ2) is 4.04. The molecule has 90 valence electrons. The zero-order valence-corrected chi connectivity index (χ0v) is 10.2. The van der Waals surface area contributed by atoms with E-state index in [4.69, 9.17) is 4.52 Å². The summed E-state index contributed by atoms with van der Waals surface area (Å²) < 4.78 is 6.63. The van der Waals surface area contributed by atoms with E-state index >= 15 is 0 Å². The number of amides is 1. The standard InChI is InChI=1S/C11H14N4O2/c1-6-5-9(13-15(6)4)11(16)12-10-7(2)14-17-8(10)3/h5H,1-4H3,(H,12,16). The van der Waals surface area contributed by atoms with E-state index < -0.39 is 0 Å². The van der Waals surface area contributed by atoms with Crippen LogP contribution in [-0.4, -0.2) is 20.8 Å². The predicted molar refractivity (Wildman–Crippen MR) is 61.9 cm³/mol. The molecule has 0 fully saturated rings. The second-order valence-corrected chi connectivity index (χ2v) is 3.95. The number of aromatic nitrogens is 3. The van der Waals surface area contributed by atoms with Crippen LogP contribution in [0.15, 0.2) is 10.6 Å². The van der Waals surface area contributed by atoms with Crippen molar-refractivity contribution in [3.8, 4) is 0 Å². The fraction of sp³-hybridized carbons (Fsp3) is 0.364. The summed E-state index contributed by atoms with van der Waals surface area (Å²) in [5.41, 5.74) is 2.57. The van der Waals surface area contributed by atoms with Crippen LogP contribution in [0.3, 0.4) is 0 Å². The van der Waals surface area contributed by atoms with Crippen molar-refractivity contribution in [1.29, 1.82) is 0 Å². The van der Waals surface area contributed by atoms with Gasteiger partial charge in [0.15, 0.2) is 11.5 Å². The Hall–Kier alpha value is -2.11. The molecule has 0 saturated heterocycles. The van der Waals surface area contributed by atoms with Crippen molar-refractivity contribution in [1.82, 2.24) is 14.9 Å². The van der Waals surface area contributed by atoms with E-state index in [2.05, 4.69) is 15.6 Å². The zero-order valence-electron chi connectivity index (χ0n) is 10.2. The highest BCUT2D eigenvalue weighted by molar-refractivity contribution is 6.03. The van der Waals surface area contributed by atoms with Gasteiger partial charge in [0.2, 0.25) is 0 Å². The molecule has 2 aromatic rings. The summed E-state index contributed by atoms with van der Waals surface area (Å²) in [5.74, 6) is 0.326. The highest BCUT2D eigenvalue weighted by atomic mass is 16.5. The molecule has 6 nitrogen and oxygen atoms in total. The van der Waals surface area contributed by atoms with Gasteiger partial charge in [0.25, 0.3) is 5.91 Å². The fourth-order valence-electron chi connectivity index (χ4n) is 1.51. The third-order valence-corrected chi connectivity index (χ3v) is 2.62. The zero-order chi connectivity index (χ0) is 12.6. The van der Waals surface area contributed by atoms with Gasteiger partial charge in [-0.1, -0.05) is 5.16 Å². The second-order valence-electron chi connectivity index (χ2n) is 3.95. The Balaban J connectivity index is 2.23. The van der Waals surface area contributed by atoms with Crippen LogP contribution in [0.25, 0.3) is 0 Å². The SMILES string of the molecule is Cc1noc(C)c1NC(=O)c1cc(C)n(C)n1. The maximum absolute atomic E-state index is 11.9. The Morgan fingerprint density at radius 2 is 2.12 bits per heavy atom. The van der Waals surface area contributed by atoms with Crippen molar-refractivity contribution < 1.29 is 9.32 Å². The Morgan fingerprint density at radius 1 is 1.41 bits per heavy atom. The first-order valence-electron chi connectivity index (χ1n) is 5.24. The van der Waals surface area contributed by atoms with Crippen molar-refractivity contribution in [2.75, 3.05) is 5.32 Å². The van der Waals surface area contributed by atoms with Crippen LogP contribution in [0.2, 0.25) is 0 Å². The highest BCUT2D eigenvalue weighted by Gasteiger charge is 2.16. The lowest BCUT2D eigenvalue weighted by Gasteiger charge is -2.00. The monoisotopic (exact) mass is 234 g/mol. The lowest BCUT2D eigenvalue weighted by Crippen LogP contribution is -2.13. The molecule has 0 aliphatic rings. The number of aryl methyl sites for hydroxylation is 4. The molecule has 17 heavy (non-hydrogen) atoms. The number of carbonyl (C=O) groups is 1. The van der Waals surface area contributed by atoms with E-state index in [1.165, 1.54) is 0 Å². The van der Waals surface area contributed by atoms with Crippen LogP contribution < -0.4 is 5.32 Å². The van der Waals surface area contributed by atoms with E-state index in [1.54, 1.807) is 31.6 Å². The van der Waals surface area contributed by atoms with Crippen LogP contribution in [0.4, 0.5) is 5.69 Å². The molecule has 0 spiro atoms. The molecular weight excluding hydrogens is 220 g/mol. The van der Waals surface area contributed by atoms with Gasteiger partial charge in [-0.3, -0.25) is 9.48 Å². The van der Waals surface area contributed by atoms with E-state index in [1.807, 2.05) is 6.92 Å². The van der Waals surface area contributed by atoms with Crippen LogP contribution in [0.1, 0.15) is 27.6 Å². The molecule has 0 atom stereocenters. The van der Waals surface area contributed by atoms with Crippen LogP contribution in [0.5, 0.6) is 0 Å². The van der Waals surface area contributed by atoms with E-state index in [0.717, 1.165) is 5.69 Å². The first-order chi connectivity index (χ1) is 7.99. The summed E-state index contributed by atoms with van der Waals surface area (Å²) in [5, 5.41) is 10.6. The van der Waals surface area contributed by atoms with Gasteiger partial charge in [0.05, 0.1) is 0 Å². The minimum absolute atomic E-state index is 0.261. The van der Waals surface area contributed by atoms with Crippen LogP contribution in [-0.2, 0) is 7.05 Å². The predicted octanol–water partition coefficient (Wildman–Crippen LogP) is 1.59. The Kier molecular flexibility index (Phi) is 2.71. The molecule has 0 bridgehead atoms. The minimum Gasteiger partial charge on any atom is -0.359 e. The number of hydrogen-bond donors (Lipinski definition) is 1. The first kappa shape index (κ1) is 11.4. The van der Waals surface area contributed by atoms with Gasteiger partial charge in [-0.25, -0.2) is 0 Å². The van der Waals surface area contributed by atoms with Crippen molar-refractivity contribution in [2.24, 2.45) is 7.05 Å². The van der Waals surface area contributed by atoms with Gasteiger partial charge in [0.1, 0.15) is 11.4 Å². The minimum atomic E-state index is -0.261. The lowest BCUT2D eigenvalue weighted by atomic mass is 10.3.